The average Bonchev–Trinajstić information content (AvgIpc) is 2.37. The molecule has 3 nitrogen and oxygen atoms in total. The van der Waals surface area contributed by atoms with Crippen LogP contribution < -0.4 is 10.1 Å². The molecule has 0 aliphatic rings. The molecule has 108 valence electrons. The smallest absolute Gasteiger partial charge is 0.213 e. The van der Waals surface area contributed by atoms with Crippen molar-refractivity contribution in [2.24, 2.45) is 5.92 Å². The second kappa shape index (κ2) is 8.16. The van der Waals surface area contributed by atoms with Crippen molar-refractivity contribution in [1.82, 2.24) is 10.3 Å². The molecule has 0 radical (unpaired) electrons. The first-order valence-corrected chi connectivity index (χ1v) is 7.35. The Balaban J connectivity index is 2.75. The summed E-state index contributed by atoms with van der Waals surface area (Å²) < 4.78 is 5.86. The van der Waals surface area contributed by atoms with E-state index >= 15 is 0 Å². The van der Waals surface area contributed by atoms with Crippen LogP contribution >= 0.6 is 0 Å². The van der Waals surface area contributed by atoms with E-state index in [9.17, 15) is 0 Å². The molecule has 0 aliphatic heterocycles. The van der Waals surface area contributed by atoms with Gasteiger partial charge in [-0.25, -0.2) is 4.98 Å². The molecule has 0 aliphatic carbocycles. The Morgan fingerprint density at radius 1 is 1.26 bits per heavy atom. The van der Waals surface area contributed by atoms with Crippen molar-refractivity contribution >= 4 is 0 Å². The minimum atomic E-state index is 0.423. The second-order valence-corrected chi connectivity index (χ2v) is 5.63. The number of pyridine rings is 1. The molecule has 19 heavy (non-hydrogen) atoms. The monoisotopic (exact) mass is 264 g/mol. The first kappa shape index (κ1) is 16.0. The highest BCUT2D eigenvalue weighted by Gasteiger charge is 2.08. The molecule has 0 saturated heterocycles. The summed E-state index contributed by atoms with van der Waals surface area (Å²) in [5, 5.41) is 3.18. The molecule has 1 heterocycles. The fourth-order valence-electron chi connectivity index (χ4n) is 2.06. The molecule has 1 rings (SSSR count). The van der Waals surface area contributed by atoms with Crippen molar-refractivity contribution in [3.05, 3.63) is 23.4 Å². The van der Waals surface area contributed by atoms with Gasteiger partial charge in [-0.05, 0) is 36.9 Å². The minimum absolute atomic E-state index is 0.423. The normalized spacial score (nSPS) is 12.7. The van der Waals surface area contributed by atoms with Crippen molar-refractivity contribution in [2.45, 2.75) is 53.0 Å². The zero-order chi connectivity index (χ0) is 14.3. The van der Waals surface area contributed by atoms with Gasteiger partial charge in [0.25, 0.3) is 0 Å². The van der Waals surface area contributed by atoms with E-state index in [1.807, 2.05) is 13.1 Å². The third-order valence-electron chi connectivity index (χ3n) is 3.15. The molecule has 3 heteroatoms. The highest BCUT2D eigenvalue weighted by atomic mass is 16.5. The fraction of sp³-hybridized carbons (Fsp3) is 0.688. The van der Waals surface area contributed by atoms with Crippen LogP contribution in [0.5, 0.6) is 5.88 Å². The van der Waals surface area contributed by atoms with E-state index in [2.05, 4.69) is 44.1 Å². The number of nitrogens with one attached hydrogen (secondary N) is 1. The molecular weight excluding hydrogens is 236 g/mol. The maximum absolute atomic E-state index is 5.86. The van der Waals surface area contributed by atoms with Crippen LogP contribution in [-0.2, 0) is 6.54 Å². The van der Waals surface area contributed by atoms with E-state index in [4.69, 9.17) is 4.74 Å². The summed E-state index contributed by atoms with van der Waals surface area (Å²) in [6, 6.07) is 4.20. The first-order chi connectivity index (χ1) is 9.06. The van der Waals surface area contributed by atoms with Crippen molar-refractivity contribution < 1.29 is 4.74 Å². The fourth-order valence-corrected chi connectivity index (χ4v) is 2.06. The Labute approximate surface area is 117 Å². The Kier molecular flexibility index (Phi) is 6.85. The lowest BCUT2D eigenvalue weighted by Gasteiger charge is -2.14. The summed E-state index contributed by atoms with van der Waals surface area (Å²) in [7, 11) is 1.96. The van der Waals surface area contributed by atoms with E-state index in [1.165, 1.54) is 18.4 Å². The number of ether oxygens (including phenoxy) is 1. The van der Waals surface area contributed by atoms with Crippen LogP contribution in [0, 0.1) is 5.92 Å². The topological polar surface area (TPSA) is 34.1 Å². The summed E-state index contributed by atoms with van der Waals surface area (Å²) >= 11 is 0. The van der Waals surface area contributed by atoms with Crippen molar-refractivity contribution in [3.8, 4) is 5.88 Å². The molecule has 0 aromatic carbocycles. The maximum Gasteiger partial charge on any atom is 0.213 e. The third kappa shape index (κ3) is 5.60. The van der Waals surface area contributed by atoms with Crippen molar-refractivity contribution in [1.29, 1.82) is 0 Å². The van der Waals surface area contributed by atoms with Gasteiger partial charge in [-0.1, -0.05) is 34.1 Å². The van der Waals surface area contributed by atoms with Gasteiger partial charge < -0.3 is 10.1 Å². The third-order valence-corrected chi connectivity index (χ3v) is 3.15. The molecule has 1 N–H and O–H groups in total. The molecule has 1 atom stereocenters. The molecule has 1 aromatic heterocycles. The number of nitrogens with zero attached hydrogens (tertiary/aromatic N) is 1. The standard InChI is InChI=1S/C16H28N2O/c1-6-7-13(4)11-19-16-9-14(10-17-5)8-15(18-16)12(2)3/h8-9,12-13,17H,6-7,10-11H2,1-5H3. The lowest BCUT2D eigenvalue weighted by Crippen LogP contribution is -2.11. The zero-order valence-corrected chi connectivity index (χ0v) is 13.0. The van der Waals surface area contributed by atoms with E-state index in [0.29, 0.717) is 11.8 Å². The minimum Gasteiger partial charge on any atom is -0.477 e. The predicted molar refractivity (Wildman–Crippen MR) is 80.7 cm³/mol. The number of hydrogen-bond acceptors (Lipinski definition) is 3. The van der Waals surface area contributed by atoms with Gasteiger partial charge in [0.05, 0.1) is 6.61 Å². The predicted octanol–water partition coefficient (Wildman–Crippen LogP) is 3.74. The van der Waals surface area contributed by atoms with Crippen molar-refractivity contribution in [3.63, 3.8) is 0 Å². The zero-order valence-electron chi connectivity index (χ0n) is 13.0. The Hall–Kier alpha value is -1.09. The van der Waals surface area contributed by atoms with Gasteiger partial charge in [0.1, 0.15) is 0 Å². The molecule has 1 aromatic rings. The molecule has 0 fully saturated rings. The van der Waals surface area contributed by atoms with Crippen LogP contribution in [0.3, 0.4) is 0 Å². The lowest BCUT2D eigenvalue weighted by molar-refractivity contribution is 0.242. The Bertz CT molecular complexity index is 377. The lowest BCUT2D eigenvalue weighted by atomic mass is 10.1. The van der Waals surface area contributed by atoms with Gasteiger partial charge in [-0.3, -0.25) is 0 Å². The van der Waals surface area contributed by atoms with Crippen LogP contribution in [0.15, 0.2) is 12.1 Å². The molecule has 0 saturated carbocycles. The van der Waals surface area contributed by atoms with Gasteiger partial charge in [-0.2, -0.15) is 0 Å². The number of aromatic nitrogens is 1. The highest BCUT2D eigenvalue weighted by Crippen LogP contribution is 2.20. The van der Waals surface area contributed by atoms with Gasteiger partial charge in [0.15, 0.2) is 0 Å². The maximum atomic E-state index is 5.86. The van der Waals surface area contributed by atoms with Gasteiger partial charge in [0.2, 0.25) is 5.88 Å². The SMILES string of the molecule is CCCC(C)COc1cc(CNC)cc(C(C)C)n1. The Morgan fingerprint density at radius 2 is 2.00 bits per heavy atom. The van der Waals surface area contributed by atoms with Crippen LogP contribution in [0.2, 0.25) is 0 Å². The van der Waals surface area contributed by atoms with E-state index in [-0.39, 0.29) is 0 Å². The number of hydrogen-bond donors (Lipinski definition) is 1. The Morgan fingerprint density at radius 3 is 2.58 bits per heavy atom. The van der Waals surface area contributed by atoms with Crippen molar-refractivity contribution in [2.75, 3.05) is 13.7 Å². The van der Waals surface area contributed by atoms with Gasteiger partial charge in [-0.15, -0.1) is 0 Å². The van der Waals surface area contributed by atoms with E-state index in [1.54, 1.807) is 0 Å². The summed E-state index contributed by atoms with van der Waals surface area (Å²) in [6.45, 7) is 10.4. The summed E-state index contributed by atoms with van der Waals surface area (Å²) in [5.74, 6) is 1.77. The van der Waals surface area contributed by atoms with Gasteiger partial charge >= 0.3 is 0 Å². The molecule has 0 amide bonds. The molecular formula is C16H28N2O. The highest BCUT2D eigenvalue weighted by molar-refractivity contribution is 5.26. The van der Waals surface area contributed by atoms with Crippen LogP contribution in [0.4, 0.5) is 0 Å². The molecule has 0 spiro atoms. The summed E-state index contributed by atoms with van der Waals surface area (Å²) in [6.07, 6.45) is 2.40. The largest absolute Gasteiger partial charge is 0.477 e. The van der Waals surface area contributed by atoms with E-state index in [0.717, 1.165) is 24.7 Å². The summed E-state index contributed by atoms with van der Waals surface area (Å²) in [5.41, 5.74) is 2.34. The molecule has 0 bridgehead atoms. The second-order valence-electron chi connectivity index (χ2n) is 5.63. The number of rotatable bonds is 8. The summed E-state index contributed by atoms with van der Waals surface area (Å²) in [4.78, 5) is 4.60. The molecule has 1 unspecified atom stereocenters. The average molecular weight is 264 g/mol. The quantitative estimate of drug-likeness (QED) is 0.776. The van der Waals surface area contributed by atoms with Crippen LogP contribution in [0.25, 0.3) is 0 Å². The van der Waals surface area contributed by atoms with Gasteiger partial charge in [0, 0.05) is 18.3 Å². The van der Waals surface area contributed by atoms with E-state index < -0.39 is 0 Å². The van der Waals surface area contributed by atoms with Crippen LogP contribution in [0.1, 0.15) is 57.7 Å². The first-order valence-electron chi connectivity index (χ1n) is 7.35. The van der Waals surface area contributed by atoms with Crippen LogP contribution in [-0.4, -0.2) is 18.6 Å².